The molecule has 2 N–H and O–H groups in total. The van der Waals surface area contributed by atoms with Crippen LogP contribution in [0.25, 0.3) is 0 Å². The minimum absolute atomic E-state index is 0.255. The van der Waals surface area contributed by atoms with E-state index in [1.54, 1.807) is 12.1 Å². The zero-order valence-electron chi connectivity index (χ0n) is 12.3. The predicted molar refractivity (Wildman–Crippen MR) is 86.7 cm³/mol. The SMILES string of the molecule is CC1(C)Cc2cccc(NC(=O)Nc3ccnc(Cl)c3)c2O1. The number of anilines is 2. The maximum Gasteiger partial charge on any atom is 0.323 e. The van der Waals surface area contributed by atoms with Crippen LogP contribution >= 0.6 is 11.6 Å². The number of amides is 2. The molecular weight excluding hydrogens is 302 g/mol. The molecule has 0 spiro atoms. The van der Waals surface area contributed by atoms with Crippen LogP contribution in [0.3, 0.4) is 0 Å². The number of carbonyl (C=O) groups excluding carboxylic acids is 1. The van der Waals surface area contributed by atoms with Crippen molar-refractivity contribution < 1.29 is 9.53 Å². The molecule has 0 fully saturated rings. The Morgan fingerprint density at radius 1 is 1.32 bits per heavy atom. The molecule has 0 unspecified atom stereocenters. The van der Waals surface area contributed by atoms with Crippen molar-refractivity contribution in [1.29, 1.82) is 0 Å². The largest absolute Gasteiger partial charge is 0.485 e. The first-order valence-electron chi connectivity index (χ1n) is 6.93. The van der Waals surface area contributed by atoms with Crippen LogP contribution in [-0.2, 0) is 6.42 Å². The molecule has 1 aromatic carbocycles. The van der Waals surface area contributed by atoms with E-state index in [-0.39, 0.29) is 11.6 Å². The number of ether oxygens (including phenoxy) is 1. The van der Waals surface area contributed by atoms with Gasteiger partial charge in [0.25, 0.3) is 0 Å². The summed E-state index contributed by atoms with van der Waals surface area (Å²) < 4.78 is 5.92. The Morgan fingerprint density at radius 2 is 2.14 bits per heavy atom. The van der Waals surface area contributed by atoms with Gasteiger partial charge in [-0.05, 0) is 32.0 Å². The number of pyridine rings is 1. The lowest BCUT2D eigenvalue weighted by atomic mass is 10.0. The van der Waals surface area contributed by atoms with E-state index < -0.39 is 0 Å². The Labute approximate surface area is 133 Å². The molecule has 6 heteroatoms. The van der Waals surface area contributed by atoms with Crippen LogP contribution < -0.4 is 15.4 Å². The van der Waals surface area contributed by atoms with Crippen LogP contribution in [-0.4, -0.2) is 16.6 Å². The second-order valence-corrected chi connectivity index (χ2v) is 6.17. The average molecular weight is 318 g/mol. The van der Waals surface area contributed by atoms with Crippen molar-refractivity contribution in [2.24, 2.45) is 0 Å². The number of hydrogen-bond donors (Lipinski definition) is 2. The lowest BCUT2D eigenvalue weighted by Crippen LogP contribution is -2.25. The normalized spacial score (nSPS) is 14.9. The number of aromatic nitrogens is 1. The first-order chi connectivity index (χ1) is 10.4. The van der Waals surface area contributed by atoms with E-state index in [0.717, 1.165) is 17.7 Å². The Hall–Kier alpha value is -2.27. The van der Waals surface area contributed by atoms with Crippen LogP contribution in [0.4, 0.5) is 16.2 Å². The average Bonchev–Trinajstić information content (AvgIpc) is 2.74. The van der Waals surface area contributed by atoms with Crippen molar-refractivity contribution in [3.05, 3.63) is 47.2 Å². The van der Waals surface area contributed by atoms with Crippen molar-refractivity contribution in [3.8, 4) is 5.75 Å². The lowest BCUT2D eigenvalue weighted by Gasteiger charge is -2.18. The zero-order valence-corrected chi connectivity index (χ0v) is 13.1. The molecule has 22 heavy (non-hydrogen) atoms. The van der Waals surface area contributed by atoms with E-state index in [1.807, 2.05) is 32.0 Å². The Bertz CT molecular complexity index is 731. The fourth-order valence-corrected chi connectivity index (χ4v) is 2.65. The lowest BCUT2D eigenvalue weighted by molar-refractivity contribution is 0.139. The number of para-hydroxylation sites is 1. The number of fused-ring (bicyclic) bond motifs is 1. The van der Waals surface area contributed by atoms with E-state index in [0.29, 0.717) is 16.5 Å². The van der Waals surface area contributed by atoms with E-state index >= 15 is 0 Å². The van der Waals surface area contributed by atoms with Gasteiger partial charge in [-0.25, -0.2) is 9.78 Å². The van der Waals surface area contributed by atoms with Gasteiger partial charge in [-0.15, -0.1) is 0 Å². The molecule has 5 nitrogen and oxygen atoms in total. The summed E-state index contributed by atoms with van der Waals surface area (Å²) in [6, 6.07) is 8.62. The minimum Gasteiger partial charge on any atom is -0.485 e. The van der Waals surface area contributed by atoms with Gasteiger partial charge >= 0.3 is 6.03 Å². The van der Waals surface area contributed by atoms with Crippen LogP contribution in [0.2, 0.25) is 5.15 Å². The molecule has 2 aromatic rings. The summed E-state index contributed by atoms with van der Waals surface area (Å²) in [5, 5.41) is 5.85. The number of rotatable bonds is 2. The van der Waals surface area contributed by atoms with Gasteiger partial charge in [0.15, 0.2) is 0 Å². The van der Waals surface area contributed by atoms with E-state index in [9.17, 15) is 4.79 Å². The third kappa shape index (κ3) is 3.14. The fourth-order valence-electron chi connectivity index (χ4n) is 2.48. The third-order valence-electron chi connectivity index (χ3n) is 3.32. The summed E-state index contributed by atoms with van der Waals surface area (Å²) in [6.45, 7) is 4.05. The molecular formula is C16H16ClN3O2. The van der Waals surface area contributed by atoms with Gasteiger partial charge < -0.3 is 15.4 Å². The quantitative estimate of drug-likeness (QED) is 0.820. The number of urea groups is 1. The highest BCUT2D eigenvalue weighted by molar-refractivity contribution is 6.29. The van der Waals surface area contributed by atoms with Crippen molar-refractivity contribution in [2.45, 2.75) is 25.9 Å². The number of hydrogen-bond acceptors (Lipinski definition) is 3. The topological polar surface area (TPSA) is 63.2 Å². The molecule has 0 aliphatic carbocycles. The number of carbonyl (C=O) groups is 1. The molecule has 114 valence electrons. The number of nitrogens with zero attached hydrogens (tertiary/aromatic N) is 1. The van der Waals surface area contributed by atoms with Crippen molar-refractivity contribution in [1.82, 2.24) is 4.98 Å². The standard InChI is InChI=1S/C16H16ClN3O2/c1-16(2)9-10-4-3-5-12(14(10)22-16)20-15(21)19-11-6-7-18-13(17)8-11/h3-8H,9H2,1-2H3,(H2,18,19,20,21). The van der Waals surface area contributed by atoms with E-state index in [2.05, 4.69) is 15.6 Å². The zero-order chi connectivity index (χ0) is 15.7. The first-order valence-corrected chi connectivity index (χ1v) is 7.31. The molecule has 0 atom stereocenters. The van der Waals surface area contributed by atoms with Crippen molar-refractivity contribution in [2.75, 3.05) is 10.6 Å². The van der Waals surface area contributed by atoms with Crippen LogP contribution in [0.1, 0.15) is 19.4 Å². The minimum atomic E-state index is -0.357. The van der Waals surface area contributed by atoms with Crippen LogP contribution in [0.5, 0.6) is 5.75 Å². The number of halogens is 1. The smallest absolute Gasteiger partial charge is 0.323 e. The molecule has 0 radical (unpaired) electrons. The second-order valence-electron chi connectivity index (χ2n) is 5.78. The molecule has 1 aromatic heterocycles. The van der Waals surface area contributed by atoms with Gasteiger partial charge in [-0.2, -0.15) is 0 Å². The van der Waals surface area contributed by atoms with E-state index in [1.165, 1.54) is 6.20 Å². The van der Waals surface area contributed by atoms with Gasteiger partial charge in [0.1, 0.15) is 16.5 Å². The molecule has 0 saturated heterocycles. The number of nitrogens with one attached hydrogen (secondary N) is 2. The molecule has 1 aliphatic rings. The van der Waals surface area contributed by atoms with Gasteiger partial charge in [0, 0.05) is 23.9 Å². The fraction of sp³-hybridized carbons (Fsp3) is 0.250. The maximum atomic E-state index is 12.1. The summed E-state index contributed by atoms with van der Waals surface area (Å²) in [6.07, 6.45) is 2.35. The monoisotopic (exact) mass is 317 g/mol. The highest BCUT2D eigenvalue weighted by atomic mass is 35.5. The highest BCUT2D eigenvalue weighted by Crippen LogP contribution is 2.40. The molecule has 1 aliphatic heterocycles. The third-order valence-corrected chi connectivity index (χ3v) is 3.53. The van der Waals surface area contributed by atoms with Crippen LogP contribution in [0, 0.1) is 0 Å². The molecule has 0 saturated carbocycles. The molecule has 2 amide bonds. The predicted octanol–water partition coefficient (Wildman–Crippen LogP) is 4.09. The maximum absolute atomic E-state index is 12.1. The van der Waals surface area contributed by atoms with Gasteiger partial charge in [0.05, 0.1) is 5.69 Å². The first kappa shape index (κ1) is 14.7. The summed E-state index contributed by atoms with van der Waals surface area (Å²) in [5.41, 5.74) is 2.07. The summed E-state index contributed by atoms with van der Waals surface area (Å²) in [7, 11) is 0. The summed E-state index contributed by atoms with van der Waals surface area (Å²) >= 11 is 5.79. The number of benzene rings is 1. The Morgan fingerprint density at radius 3 is 2.91 bits per heavy atom. The van der Waals surface area contributed by atoms with Crippen LogP contribution in [0.15, 0.2) is 36.5 Å². The molecule has 3 rings (SSSR count). The van der Waals surface area contributed by atoms with Gasteiger partial charge in [0.2, 0.25) is 0 Å². The summed E-state index contributed by atoms with van der Waals surface area (Å²) in [5.74, 6) is 0.732. The van der Waals surface area contributed by atoms with Gasteiger partial charge in [-0.3, -0.25) is 0 Å². The van der Waals surface area contributed by atoms with Crippen molar-refractivity contribution in [3.63, 3.8) is 0 Å². The Balaban J connectivity index is 1.75. The summed E-state index contributed by atoms with van der Waals surface area (Å²) in [4.78, 5) is 16.0. The van der Waals surface area contributed by atoms with Gasteiger partial charge in [-0.1, -0.05) is 23.7 Å². The highest BCUT2D eigenvalue weighted by Gasteiger charge is 2.31. The molecule has 0 bridgehead atoms. The Kier molecular flexibility index (Phi) is 3.66. The van der Waals surface area contributed by atoms with E-state index in [4.69, 9.17) is 16.3 Å². The molecule has 2 heterocycles. The van der Waals surface area contributed by atoms with Crippen molar-refractivity contribution >= 4 is 29.0 Å². The second kappa shape index (κ2) is 5.50.